The number of halogens is 3. The first-order valence-electron chi connectivity index (χ1n) is 8.06. The molecule has 7 heteroatoms. The number of hydrogen-bond donors (Lipinski definition) is 2. The first-order chi connectivity index (χ1) is 12.5. The molecule has 0 aliphatic rings. The fourth-order valence-corrected chi connectivity index (χ4v) is 2.67. The highest BCUT2D eigenvalue weighted by Gasteiger charge is 2.41. The van der Waals surface area contributed by atoms with Gasteiger partial charge in [0.1, 0.15) is 12.4 Å². The van der Waals surface area contributed by atoms with E-state index in [1.807, 2.05) is 30.3 Å². The third-order valence-electron chi connectivity index (χ3n) is 3.88. The zero-order chi connectivity index (χ0) is 18.6. The summed E-state index contributed by atoms with van der Waals surface area (Å²) in [6.07, 6.45) is -3.86. The minimum atomic E-state index is -4.93. The molecule has 26 heavy (non-hydrogen) atoms. The summed E-state index contributed by atoms with van der Waals surface area (Å²) in [5.41, 5.74) is 1.12. The van der Waals surface area contributed by atoms with Crippen molar-refractivity contribution in [2.24, 2.45) is 0 Å². The van der Waals surface area contributed by atoms with E-state index in [2.05, 4.69) is 10.3 Å². The van der Waals surface area contributed by atoms with Gasteiger partial charge in [0.2, 0.25) is 0 Å². The van der Waals surface area contributed by atoms with Crippen LogP contribution in [0, 0.1) is 0 Å². The van der Waals surface area contributed by atoms with E-state index in [-0.39, 0.29) is 17.7 Å². The molecule has 0 saturated heterocycles. The molecule has 0 atom stereocenters. The summed E-state index contributed by atoms with van der Waals surface area (Å²) in [6.45, 7) is 1.44. The number of benzene rings is 2. The molecule has 0 unspecified atom stereocenters. The van der Waals surface area contributed by atoms with Crippen LogP contribution in [0.4, 0.5) is 13.2 Å². The standard InChI is InChI=1S/C19H17F3N2O2/c20-19(21,22)18(25)14-12-24-15-7-4-8-16(17(14)15)26-10-9-23-11-13-5-2-1-3-6-13/h1-8,12,23-24H,9-11H2. The van der Waals surface area contributed by atoms with Gasteiger partial charge in [-0.25, -0.2) is 0 Å². The molecule has 136 valence electrons. The van der Waals surface area contributed by atoms with Crippen LogP contribution in [-0.2, 0) is 6.54 Å². The van der Waals surface area contributed by atoms with E-state index in [4.69, 9.17) is 4.74 Å². The molecule has 0 saturated carbocycles. The highest BCUT2D eigenvalue weighted by atomic mass is 19.4. The monoisotopic (exact) mass is 362 g/mol. The number of alkyl halides is 3. The van der Waals surface area contributed by atoms with Gasteiger partial charge in [0.25, 0.3) is 5.78 Å². The van der Waals surface area contributed by atoms with Gasteiger partial charge < -0.3 is 15.0 Å². The average molecular weight is 362 g/mol. The molecule has 3 rings (SSSR count). The van der Waals surface area contributed by atoms with Gasteiger partial charge in [-0.3, -0.25) is 4.79 Å². The van der Waals surface area contributed by atoms with E-state index in [0.717, 1.165) is 11.8 Å². The number of rotatable bonds is 7. The Hall–Kier alpha value is -2.80. The molecule has 0 fully saturated rings. The molecule has 1 heterocycles. The molecule has 1 aromatic heterocycles. The van der Waals surface area contributed by atoms with Crippen molar-refractivity contribution in [2.45, 2.75) is 12.7 Å². The second-order valence-electron chi connectivity index (χ2n) is 5.72. The third-order valence-corrected chi connectivity index (χ3v) is 3.88. The van der Waals surface area contributed by atoms with Crippen molar-refractivity contribution in [3.05, 3.63) is 65.9 Å². The number of nitrogens with one attached hydrogen (secondary N) is 2. The maximum atomic E-state index is 12.8. The number of ether oxygens (including phenoxy) is 1. The van der Waals surface area contributed by atoms with E-state index in [0.29, 0.717) is 18.6 Å². The SMILES string of the molecule is O=C(c1c[nH]c2cccc(OCCNCc3ccccc3)c12)C(F)(F)F. The Morgan fingerprint density at radius 2 is 1.85 bits per heavy atom. The van der Waals surface area contributed by atoms with E-state index in [1.54, 1.807) is 18.2 Å². The molecule has 3 aromatic rings. The predicted octanol–water partition coefficient (Wildman–Crippen LogP) is 4.08. The Kier molecular flexibility index (Phi) is 5.27. The Balaban J connectivity index is 1.66. The van der Waals surface area contributed by atoms with Gasteiger partial charge in [-0.05, 0) is 17.7 Å². The molecular formula is C19H17F3N2O2. The molecule has 0 aliphatic carbocycles. The summed E-state index contributed by atoms with van der Waals surface area (Å²) in [4.78, 5) is 14.3. The number of fused-ring (bicyclic) bond motifs is 1. The Morgan fingerprint density at radius 1 is 1.08 bits per heavy atom. The van der Waals surface area contributed by atoms with Crippen LogP contribution in [0.1, 0.15) is 15.9 Å². The summed E-state index contributed by atoms with van der Waals surface area (Å²) in [6, 6.07) is 14.6. The molecule has 0 radical (unpaired) electrons. The Morgan fingerprint density at radius 3 is 2.58 bits per heavy atom. The number of H-pyrrole nitrogens is 1. The largest absolute Gasteiger partial charge is 0.492 e. The highest BCUT2D eigenvalue weighted by Crippen LogP contribution is 2.32. The van der Waals surface area contributed by atoms with Crippen molar-refractivity contribution in [1.29, 1.82) is 0 Å². The molecule has 2 aromatic carbocycles. The number of Topliss-reactive ketones (excluding diaryl/α,β-unsaturated/α-hetero) is 1. The molecule has 0 amide bonds. The van der Waals surface area contributed by atoms with Gasteiger partial charge in [0.05, 0.1) is 10.9 Å². The normalized spacial score (nSPS) is 11.7. The maximum Gasteiger partial charge on any atom is 0.454 e. The lowest BCUT2D eigenvalue weighted by molar-refractivity contribution is -0.0884. The minimum Gasteiger partial charge on any atom is -0.492 e. The van der Waals surface area contributed by atoms with Crippen LogP contribution in [0.3, 0.4) is 0 Å². The van der Waals surface area contributed by atoms with Gasteiger partial charge in [-0.1, -0.05) is 36.4 Å². The quantitative estimate of drug-likeness (QED) is 0.492. The highest BCUT2D eigenvalue weighted by molar-refractivity contribution is 6.12. The van der Waals surface area contributed by atoms with Gasteiger partial charge in [-0.15, -0.1) is 0 Å². The first-order valence-corrected chi connectivity index (χ1v) is 8.06. The van der Waals surface area contributed by atoms with Crippen LogP contribution >= 0.6 is 0 Å². The molecule has 2 N–H and O–H groups in total. The van der Waals surface area contributed by atoms with Crippen molar-refractivity contribution in [3.8, 4) is 5.75 Å². The van der Waals surface area contributed by atoms with Crippen molar-refractivity contribution < 1.29 is 22.7 Å². The molecular weight excluding hydrogens is 345 g/mol. The first kappa shape index (κ1) is 18.0. The number of carbonyl (C=O) groups is 1. The van der Waals surface area contributed by atoms with Crippen molar-refractivity contribution in [2.75, 3.05) is 13.2 Å². The number of hydrogen-bond acceptors (Lipinski definition) is 3. The van der Waals surface area contributed by atoms with Crippen LogP contribution in [0.2, 0.25) is 0 Å². The smallest absolute Gasteiger partial charge is 0.454 e. The minimum absolute atomic E-state index is 0.151. The topological polar surface area (TPSA) is 54.1 Å². The molecule has 0 aliphatic heterocycles. The van der Waals surface area contributed by atoms with Crippen LogP contribution in [-0.4, -0.2) is 30.1 Å². The Bertz CT molecular complexity index is 889. The average Bonchev–Trinajstić information content (AvgIpc) is 3.05. The fourth-order valence-electron chi connectivity index (χ4n) is 2.67. The second-order valence-corrected chi connectivity index (χ2v) is 5.72. The van der Waals surface area contributed by atoms with Crippen molar-refractivity contribution in [1.82, 2.24) is 10.3 Å². The number of carbonyl (C=O) groups excluding carboxylic acids is 1. The summed E-state index contributed by atoms with van der Waals surface area (Å²) >= 11 is 0. The zero-order valence-electron chi connectivity index (χ0n) is 13.8. The predicted molar refractivity (Wildman–Crippen MR) is 92.3 cm³/mol. The molecule has 0 spiro atoms. The lowest BCUT2D eigenvalue weighted by Crippen LogP contribution is -2.23. The van der Waals surface area contributed by atoms with Crippen molar-refractivity contribution in [3.63, 3.8) is 0 Å². The van der Waals surface area contributed by atoms with Crippen LogP contribution in [0.15, 0.2) is 54.7 Å². The van der Waals surface area contributed by atoms with Crippen LogP contribution in [0.25, 0.3) is 10.9 Å². The van der Waals surface area contributed by atoms with Gasteiger partial charge in [-0.2, -0.15) is 13.2 Å². The van der Waals surface area contributed by atoms with Crippen LogP contribution in [0.5, 0.6) is 5.75 Å². The summed E-state index contributed by atoms with van der Waals surface area (Å²) in [7, 11) is 0. The Labute approximate surface area is 148 Å². The van der Waals surface area contributed by atoms with E-state index in [9.17, 15) is 18.0 Å². The maximum absolute atomic E-state index is 12.8. The summed E-state index contributed by atoms with van der Waals surface area (Å²) in [5.74, 6) is -1.64. The third kappa shape index (κ3) is 4.05. The lowest BCUT2D eigenvalue weighted by atomic mass is 10.1. The number of aromatic amines is 1. The van der Waals surface area contributed by atoms with E-state index >= 15 is 0 Å². The summed E-state index contributed by atoms with van der Waals surface area (Å²) < 4.78 is 43.9. The van der Waals surface area contributed by atoms with Crippen LogP contribution < -0.4 is 10.1 Å². The lowest BCUT2D eigenvalue weighted by Gasteiger charge is -2.10. The van der Waals surface area contributed by atoms with Gasteiger partial charge in [0.15, 0.2) is 0 Å². The second kappa shape index (κ2) is 7.61. The zero-order valence-corrected chi connectivity index (χ0v) is 13.8. The number of ketones is 1. The summed E-state index contributed by atoms with van der Waals surface area (Å²) in [5, 5.41) is 3.35. The van der Waals surface area contributed by atoms with E-state index in [1.165, 1.54) is 0 Å². The fraction of sp³-hybridized carbons (Fsp3) is 0.211. The molecule has 0 bridgehead atoms. The van der Waals surface area contributed by atoms with Crippen molar-refractivity contribution >= 4 is 16.7 Å². The molecule has 4 nitrogen and oxygen atoms in total. The van der Waals surface area contributed by atoms with Gasteiger partial charge in [0, 0.05) is 24.8 Å². The van der Waals surface area contributed by atoms with Gasteiger partial charge >= 0.3 is 6.18 Å². The van der Waals surface area contributed by atoms with E-state index < -0.39 is 17.5 Å². The number of aromatic nitrogens is 1.